The molecule has 1 atom stereocenters. The largest absolute Gasteiger partial charge is 0.768 e. The molecule has 1 rings (SSSR count). The quantitative estimate of drug-likeness (QED) is 0.623. The molecule has 1 unspecified atom stereocenters. The van der Waals surface area contributed by atoms with Gasteiger partial charge in [0, 0.05) is 4.90 Å². The van der Waals surface area contributed by atoms with E-state index in [1.807, 2.05) is 32.9 Å². The predicted molar refractivity (Wildman–Crippen MR) is 47.8 cm³/mol. The molecule has 0 bridgehead atoms. The highest BCUT2D eigenvalue weighted by atomic mass is 32.2. The second-order valence-electron chi connectivity index (χ2n) is 2.96. The Kier molecular flexibility index (Phi) is 2.65. The molecule has 0 heterocycles. The molecule has 66 valence electrons. The SMILES string of the molecule is Cc1cc(C)c(S(=O)[O-])c(C)c1. The molecule has 0 fully saturated rings. The molecule has 1 aromatic carbocycles. The van der Waals surface area contributed by atoms with Crippen LogP contribution in [0.2, 0.25) is 0 Å². The average molecular weight is 183 g/mol. The van der Waals surface area contributed by atoms with Gasteiger partial charge in [0.25, 0.3) is 0 Å². The summed E-state index contributed by atoms with van der Waals surface area (Å²) in [4.78, 5) is 0.431. The van der Waals surface area contributed by atoms with Crippen molar-refractivity contribution < 1.29 is 8.76 Å². The van der Waals surface area contributed by atoms with Gasteiger partial charge >= 0.3 is 0 Å². The van der Waals surface area contributed by atoms with Crippen LogP contribution < -0.4 is 0 Å². The molecule has 0 aliphatic heterocycles. The van der Waals surface area contributed by atoms with Crippen LogP contribution in [0, 0.1) is 20.8 Å². The molecular formula is C9H11O2S-. The zero-order chi connectivity index (χ0) is 9.30. The number of benzene rings is 1. The maximum atomic E-state index is 10.8. The van der Waals surface area contributed by atoms with Crippen molar-refractivity contribution in [3.63, 3.8) is 0 Å². The first-order valence-electron chi connectivity index (χ1n) is 3.69. The lowest BCUT2D eigenvalue weighted by Crippen LogP contribution is -1.97. The lowest BCUT2D eigenvalue weighted by molar-refractivity contribution is 0.536. The maximum Gasteiger partial charge on any atom is 0.0307 e. The Bertz CT molecular complexity index is 308. The summed E-state index contributed by atoms with van der Waals surface area (Å²) in [7, 11) is 0. The minimum atomic E-state index is -2.11. The summed E-state index contributed by atoms with van der Waals surface area (Å²) in [5.41, 5.74) is 2.74. The van der Waals surface area contributed by atoms with Crippen molar-refractivity contribution >= 4 is 11.1 Å². The van der Waals surface area contributed by atoms with Gasteiger partial charge in [0.1, 0.15) is 0 Å². The van der Waals surface area contributed by atoms with E-state index < -0.39 is 11.1 Å². The molecule has 0 aliphatic carbocycles. The van der Waals surface area contributed by atoms with Gasteiger partial charge in [-0.1, -0.05) is 17.7 Å². The van der Waals surface area contributed by atoms with Crippen LogP contribution in [-0.4, -0.2) is 8.76 Å². The molecular weight excluding hydrogens is 172 g/mol. The van der Waals surface area contributed by atoms with Gasteiger partial charge in [-0.15, -0.1) is 0 Å². The molecule has 0 aliphatic rings. The van der Waals surface area contributed by atoms with Gasteiger partial charge < -0.3 is 4.55 Å². The Hall–Kier alpha value is -0.670. The van der Waals surface area contributed by atoms with Crippen molar-refractivity contribution in [1.29, 1.82) is 0 Å². The highest BCUT2D eigenvalue weighted by molar-refractivity contribution is 7.79. The fraction of sp³-hybridized carbons (Fsp3) is 0.333. The van der Waals surface area contributed by atoms with Crippen molar-refractivity contribution in [2.24, 2.45) is 0 Å². The van der Waals surface area contributed by atoms with Crippen LogP contribution in [0.4, 0.5) is 0 Å². The second kappa shape index (κ2) is 3.37. The lowest BCUT2D eigenvalue weighted by Gasteiger charge is -2.12. The van der Waals surface area contributed by atoms with Gasteiger partial charge in [-0.25, -0.2) is 0 Å². The number of rotatable bonds is 1. The normalized spacial score (nSPS) is 13.0. The van der Waals surface area contributed by atoms with Crippen molar-refractivity contribution in [2.75, 3.05) is 0 Å². The number of aryl methyl sites for hydroxylation is 3. The minimum Gasteiger partial charge on any atom is -0.768 e. The summed E-state index contributed by atoms with van der Waals surface area (Å²) >= 11 is -2.11. The Morgan fingerprint density at radius 1 is 1.17 bits per heavy atom. The zero-order valence-electron chi connectivity index (χ0n) is 7.38. The van der Waals surface area contributed by atoms with E-state index in [1.165, 1.54) is 0 Å². The smallest absolute Gasteiger partial charge is 0.0307 e. The van der Waals surface area contributed by atoms with Crippen LogP contribution in [0.3, 0.4) is 0 Å². The first-order valence-corrected chi connectivity index (χ1v) is 4.77. The van der Waals surface area contributed by atoms with E-state index >= 15 is 0 Å². The van der Waals surface area contributed by atoms with E-state index in [-0.39, 0.29) is 0 Å². The topological polar surface area (TPSA) is 40.1 Å². The molecule has 3 heteroatoms. The van der Waals surface area contributed by atoms with Gasteiger partial charge in [-0.2, -0.15) is 0 Å². The predicted octanol–water partition coefficient (Wildman–Crippen LogP) is 1.85. The second-order valence-corrected chi connectivity index (χ2v) is 3.84. The number of hydrogen-bond donors (Lipinski definition) is 0. The lowest BCUT2D eigenvalue weighted by atomic mass is 10.1. The summed E-state index contributed by atoms with van der Waals surface area (Å²) < 4.78 is 21.5. The summed E-state index contributed by atoms with van der Waals surface area (Å²) in [6.45, 7) is 5.58. The van der Waals surface area contributed by atoms with Gasteiger partial charge in [-0.3, -0.25) is 4.21 Å². The van der Waals surface area contributed by atoms with Crippen molar-refractivity contribution in [3.8, 4) is 0 Å². The molecule has 2 nitrogen and oxygen atoms in total. The molecule has 0 amide bonds. The van der Waals surface area contributed by atoms with Gasteiger partial charge in [0.05, 0.1) is 0 Å². The maximum absolute atomic E-state index is 10.8. The Balaban J connectivity index is 3.38. The molecule has 0 spiro atoms. The van der Waals surface area contributed by atoms with Crippen LogP contribution in [0.1, 0.15) is 16.7 Å². The first kappa shape index (κ1) is 9.42. The highest BCUT2D eigenvalue weighted by Gasteiger charge is 2.02. The van der Waals surface area contributed by atoms with Gasteiger partial charge in [0.2, 0.25) is 0 Å². The number of hydrogen-bond acceptors (Lipinski definition) is 2. The summed E-state index contributed by atoms with van der Waals surface area (Å²) in [6, 6.07) is 3.75. The van der Waals surface area contributed by atoms with Crippen LogP contribution >= 0.6 is 0 Å². The highest BCUT2D eigenvalue weighted by Crippen LogP contribution is 2.18. The molecule has 1 aromatic rings. The monoisotopic (exact) mass is 183 g/mol. The van der Waals surface area contributed by atoms with E-state index in [0.29, 0.717) is 4.90 Å². The zero-order valence-corrected chi connectivity index (χ0v) is 8.20. The van der Waals surface area contributed by atoms with Crippen LogP contribution in [0.25, 0.3) is 0 Å². The molecule has 0 saturated heterocycles. The minimum absolute atomic E-state index is 0.431. The summed E-state index contributed by atoms with van der Waals surface area (Å²) in [5, 5.41) is 0. The Morgan fingerprint density at radius 2 is 1.58 bits per heavy atom. The van der Waals surface area contributed by atoms with Crippen molar-refractivity contribution in [2.45, 2.75) is 25.7 Å². The van der Waals surface area contributed by atoms with E-state index in [2.05, 4.69) is 0 Å². The van der Waals surface area contributed by atoms with Gasteiger partial charge in [0.15, 0.2) is 0 Å². The fourth-order valence-corrected chi connectivity index (χ4v) is 2.07. The standard InChI is InChI=1S/C9H12O2S/c1-6-4-7(2)9(12(10)11)8(3)5-6/h4-5H,1-3H3,(H,10,11)/p-1. The molecule has 12 heavy (non-hydrogen) atoms. The summed E-state index contributed by atoms with van der Waals surface area (Å²) in [5.74, 6) is 0. The van der Waals surface area contributed by atoms with Gasteiger partial charge in [-0.05, 0) is 43.0 Å². The summed E-state index contributed by atoms with van der Waals surface area (Å²) in [6.07, 6.45) is 0. The molecule has 0 radical (unpaired) electrons. The van der Waals surface area contributed by atoms with Crippen molar-refractivity contribution in [3.05, 3.63) is 28.8 Å². The van der Waals surface area contributed by atoms with Crippen LogP contribution in [0.5, 0.6) is 0 Å². The third-order valence-electron chi connectivity index (χ3n) is 1.77. The van der Waals surface area contributed by atoms with Crippen LogP contribution in [0.15, 0.2) is 17.0 Å². The Morgan fingerprint density at radius 3 is 1.92 bits per heavy atom. The molecule has 0 aromatic heterocycles. The van der Waals surface area contributed by atoms with E-state index in [4.69, 9.17) is 0 Å². The fourth-order valence-electron chi connectivity index (χ4n) is 1.43. The van der Waals surface area contributed by atoms with E-state index in [1.54, 1.807) is 0 Å². The van der Waals surface area contributed by atoms with Crippen LogP contribution in [-0.2, 0) is 11.1 Å². The first-order chi connectivity index (χ1) is 5.52. The molecule has 0 N–H and O–H groups in total. The Labute approximate surface area is 74.9 Å². The van der Waals surface area contributed by atoms with E-state index in [9.17, 15) is 8.76 Å². The van der Waals surface area contributed by atoms with E-state index in [0.717, 1.165) is 16.7 Å². The van der Waals surface area contributed by atoms with Crippen molar-refractivity contribution in [1.82, 2.24) is 0 Å². The third-order valence-corrected chi connectivity index (χ3v) is 2.75. The third kappa shape index (κ3) is 1.73. The average Bonchev–Trinajstić information content (AvgIpc) is 1.82. The molecule has 0 saturated carbocycles.